The molecular weight excluding hydrogens is 410 g/mol. The third kappa shape index (κ3) is 5.66. The Bertz CT molecular complexity index is 1060. The van der Waals surface area contributed by atoms with E-state index in [4.69, 9.17) is 14.2 Å². The van der Waals surface area contributed by atoms with Gasteiger partial charge >= 0.3 is 5.97 Å². The normalized spacial score (nSPS) is 12.8. The third-order valence-electron chi connectivity index (χ3n) is 4.99. The van der Waals surface area contributed by atoms with Gasteiger partial charge in [-0.05, 0) is 49.2 Å². The van der Waals surface area contributed by atoms with Crippen molar-refractivity contribution >= 4 is 17.7 Å². The second-order valence-electron chi connectivity index (χ2n) is 7.46. The first-order valence-corrected chi connectivity index (χ1v) is 10.5. The predicted molar refractivity (Wildman–Crippen MR) is 118 cm³/mol. The largest absolute Gasteiger partial charge is 0.497 e. The summed E-state index contributed by atoms with van der Waals surface area (Å²) < 4.78 is 17.4. The first-order chi connectivity index (χ1) is 15.6. The molecule has 1 saturated carbocycles. The zero-order valence-electron chi connectivity index (χ0n) is 17.8. The van der Waals surface area contributed by atoms with Crippen molar-refractivity contribution in [1.29, 1.82) is 0 Å². The molecule has 0 bridgehead atoms. The van der Waals surface area contributed by atoms with E-state index in [0.717, 1.165) is 30.0 Å². The summed E-state index contributed by atoms with van der Waals surface area (Å²) in [5.74, 6) is 1.41. The van der Waals surface area contributed by atoms with Crippen LogP contribution in [-0.2, 0) is 14.3 Å². The quantitative estimate of drug-likeness (QED) is 0.488. The molecule has 1 fully saturated rings. The lowest BCUT2D eigenvalue weighted by molar-refractivity contribution is -0.147. The molecular formula is C24H25N3O5. The number of nitrogens with zero attached hydrogens (tertiary/aromatic N) is 2. The molecule has 8 nitrogen and oxygen atoms in total. The number of ether oxygens (including phenoxy) is 3. The smallest absolute Gasteiger partial charge is 0.309 e. The third-order valence-corrected chi connectivity index (χ3v) is 4.99. The van der Waals surface area contributed by atoms with Crippen LogP contribution in [0.5, 0.6) is 11.5 Å². The molecule has 1 aliphatic rings. The molecule has 0 radical (unpaired) electrons. The van der Waals surface area contributed by atoms with Crippen LogP contribution >= 0.6 is 0 Å². The topological polar surface area (TPSA) is 91.7 Å². The fourth-order valence-corrected chi connectivity index (χ4v) is 3.15. The van der Waals surface area contributed by atoms with Gasteiger partial charge in [0.2, 0.25) is 0 Å². The minimum Gasteiger partial charge on any atom is -0.497 e. The zero-order valence-corrected chi connectivity index (χ0v) is 17.8. The van der Waals surface area contributed by atoms with Gasteiger partial charge in [-0.15, -0.1) is 0 Å². The van der Waals surface area contributed by atoms with Crippen LogP contribution < -0.4 is 14.8 Å². The Morgan fingerprint density at radius 2 is 1.78 bits per heavy atom. The second kappa shape index (κ2) is 10.00. The van der Waals surface area contributed by atoms with Crippen LogP contribution in [0.4, 0.5) is 5.82 Å². The summed E-state index contributed by atoms with van der Waals surface area (Å²) in [7, 11) is 1.59. The molecule has 0 atom stereocenters. The van der Waals surface area contributed by atoms with Crippen LogP contribution in [0.1, 0.15) is 30.9 Å². The van der Waals surface area contributed by atoms with Crippen LogP contribution in [0.3, 0.4) is 0 Å². The summed E-state index contributed by atoms with van der Waals surface area (Å²) in [6, 6.07) is 18.5. The van der Waals surface area contributed by atoms with Crippen molar-refractivity contribution in [1.82, 2.24) is 9.78 Å². The molecule has 0 spiro atoms. The molecule has 166 valence electrons. The number of esters is 1. The van der Waals surface area contributed by atoms with Gasteiger partial charge in [0.05, 0.1) is 31.5 Å². The summed E-state index contributed by atoms with van der Waals surface area (Å²) in [6.45, 7) is -0.224. The van der Waals surface area contributed by atoms with Gasteiger partial charge in [0.1, 0.15) is 17.3 Å². The highest BCUT2D eigenvalue weighted by atomic mass is 16.5. The van der Waals surface area contributed by atoms with Crippen molar-refractivity contribution in [2.45, 2.75) is 25.2 Å². The Morgan fingerprint density at radius 3 is 2.47 bits per heavy atom. The van der Waals surface area contributed by atoms with Crippen LogP contribution in [0.2, 0.25) is 0 Å². The van der Waals surface area contributed by atoms with E-state index in [0.29, 0.717) is 17.5 Å². The Balaban J connectivity index is 1.26. The molecule has 1 heterocycles. The second-order valence-corrected chi connectivity index (χ2v) is 7.46. The molecule has 0 saturated heterocycles. The van der Waals surface area contributed by atoms with E-state index in [1.165, 1.54) is 0 Å². The molecule has 0 aliphatic heterocycles. The summed E-state index contributed by atoms with van der Waals surface area (Å²) >= 11 is 0. The van der Waals surface area contributed by atoms with Crippen molar-refractivity contribution in [3.8, 4) is 17.2 Å². The molecule has 1 amide bonds. The molecule has 1 aromatic heterocycles. The highest BCUT2D eigenvalue weighted by molar-refractivity contribution is 5.92. The van der Waals surface area contributed by atoms with E-state index in [1.54, 1.807) is 36.1 Å². The summed E-state index contributed by atoms with van der Waals surface area (Å²) in [5.41, 5.74) is 1.80. The summed E-state index contributed by atoms with van der Waals surface area (Å²) in [5, 5.41) is 7.44. The molecule has 32 heavy (non-hydrogen) atoms. The average molecular weight is 435 g/mol. The number of carbonyl (C=O) groups excluding carboxylic acids is 2. The van der Waals surface area contributed by atoms with Crippen molar-refractivity contribution in [2.75, 3.05) is 25.6 Å². The predicted octanol–water partition coefficient (Wildman–Crippen LogP) is 3.71. The zero-order chi connectivity index (χ0) is 22.3. The monoisotopic (exact) mass is 435 g/mol. The molecule has 0 unspecified atom stereocenters. The lowest BCUT2D eigenvalue weighted by atomic mass is 10.3. The van der Waals surface area contributed by atoms with Gasteiger partial charge in [-0.1, -0.05) is 18.2 Å². The Hall–Kier alpha value is -3.81. The maximum absolute atomic E-state index is 12.4. The van der Waals surface area contributed by atoms with Gasteiger partial charge in [-0.3, -0.25) is 9.59 Å². The summed E-state index contributed by atoms with van der Waals surface area (Å²) in [4.78, 5) is 24.3. The lowest BCUT2D eigenvalue weighted by Gasteiger charge is -2.10. The number of methoxy groups -OCH3 is 1. The maximum atomic E-state index is 12.4. The van der Waals surface area contributed by atoms with Gasteiger partial charge in [0.15, 0.2) is 6.61 Å². The number of nitrogens with one attached hydrogen (secondary N) is 1. The van der Waals surface area contributed by atoms with Crippen LogP contribution in [0.15, 0.2) is 60.7 Å². The van der Waals surface area contributed by atoms with E-state index in [-0.39, 0.29) is 19.6 Å². The van der Waals surface area contributed by atoms with Crippen LogP contribution in [0, 0.1) is 0 Å². The number of rotatable bonds is 10. The van der Waals surface area contributed by atoms with E-state index >= 15 is 0 Å². The van der Waals surface area contributed by atoms with E-state index in [9.17, 15) is 9.59 Å². The SMILES string of the molecule is COc1ccc(OCCC(=O)OCC(=O)Nc2cc(C3CC3)nn2-c2ccccc2)cc1. The average Bonchev–Trinajstić information content (AvgIpc) is 3.59. The van der Waals surface area contributed by atoms with Gasteiger partial charge in [0, 0.05) is 12.0 Å². The van der Waals surface area contributed by atoms with Crippen LogP contribution in [-0.4, -0.2) is 42.0 Å². The molecule has 8 heteroatoms. The Kier molecular flexibility index (Phi) is 6.69. The number of hydrogen-bond acceptors (Lipinski definition) is 6. The first-order valence-electron chi connectivity index (χ1n) is 10.5. The first kappa shape index (κ1) is 21.4. The number of hydrogen-bond donors (Lipinski definition) is 1. The number of anilines is 1. The van der Waals surface area contributed by atoms with E-state index in [1.807, 2.05) is 36.4 Å². The minimum atomic E-state index is -0.510. The molecule has 3 aromatic rings. The van der Waals surface area contributed by atoms with Crippen molar-refractivity contribution < 1.29 is 23.8 Å². The van der Waals surface area contributed by atoms with Gasteiger partial charge in [0.25, 0.3) is 5.91 Å². The van der Waals surface area contributed by atoms with E-state index in [2.05, 4.69) is 10.4 Å². The highest BCUT2D eigenvalue weighted by Gasteiger charge is 2.28. The maximum Gasteiger partial charge on any atom is 0.309 e. The molecule has 1 aliphatic carbocycles. The van der Waals surface area contributed by atoms with Gasteiger partial charge in [-0.25, -0.2) is 4.68 Å². The molecule has 1 N–H and O–H groups in total. The molecule has 4 rings (SSSR count). The Morgan fingerprint density at radius 1 is 1.06 bits per heavy atom. The minimum absolute atomic E-state index is 0.0348. The number of aromatic nitrogens is 2. The van der Waals surface area contributed by atoms with Crippen molar-refractivity contribution in [2.24, 2.45) is 0 Å². The lowest BCUT2D eigenvalue weighted by Crippen LogP contribution is -2.23. The fourth-order valence-electron chi connectivity index (χ4n) is 3.15. The van der Waals surface area contributed by atoms with E-state index < -0.39 is 11.9 Å². The Labute approximate surface area is 186 Å². The highest BCUT2D eigenvalue weighted by Crippen LogP contribution is 2.40. The standard InChI is InChI=1S/C24H25N3O5/c1-30-19-9-11-20(12-10-19)31-14-13-24(29)32-16-23(28)25-22-15-21(17-7-8-17)26-27(22)18-5-3-2-4-6-18/h2-6,9-12,15,17H,7-8,13-14,16H2,1H3,(H,25,28). The summed E-state index contributed by atoms with van der Waals surface area (Å²) in [6.07, 6.45) is 2.25. The van der Waals surface area contributed by atoms with Gasteiger partial charge < -0.3 is 19.5 Å². The number of amides is 1. The number of benzene rings is 2. The van der Waals surface area contributed by atoms with Crippen molar-refractivity contribution in [3.05, 3.63) is 66.4 Å². The van der Waals surface area contributed by atoms with Crippen LogP contribution in [0.25, 0.3) is 5.69 Å². The van der Waals surface area contributed by atoms with Crippen molar-refractivity contribution in [3.63, 3.8) is 0 Å². The fraction of sp³-hybridized carbons (Fsp3) is 0.292. The van der Waals surface area contributed by atoms with Gasteiger partial charge in [-0.2, -0.15) is 5.10 Å². The molecule has 2 aromatic carbocycles. The number of para-hydroxylation sites is 1. The number of carbonyl (C=O) groups is 2.